The second-order valence-electron chi connectivity index (χ2n) is 5.17. The molecule has 0 aliphatic carbocycles. The van der Waals surface area contributed by atoms with Crippen molar-refractivity contribution in [2.75, 3.05) is 25.0 Å². The van der Waals surface area contributed by atoms with Gasteiger partial charge in [-0.25, -0.2) is 4.98 Å². The van der Waals surface area contributed by atoms with E-state index in [-0.39, 0.29) is 11.8 Å². The van der Waals surface area contributed by atoms with Gasteiger partial charge in [-0.05, 0) is 39.8 Å². The molecule has 1 aliphatic rings. The van der Waals surface area contributed by atoms with Crippen LogP contribution in [0.5, 0.6) is 0 Å². The summed E-state index contributed by atoms with van der Waals surface area (Å²) in [5.41, 5.74) is 0.983. The molecule has 1 fully saturated rings. The molecular weight excluding hydrogens is 272 g/mol. The summed E-state index contributed by atoms with van der Waals surface area (Å²) >= 11 is 1.53. The number of nitrogens with one attached hydrogen (secondary N) is 1. The van der Waals surface area contributed by atoms with Crippen LogP contribution in [-0.4, -0.2) is 35.4 Å². The van der Waals surface area contributed by atoms with Gasteiger partial charge in [0.1, 0.15) is 0 Å². The molecule has 6 heteroatoms. The van der Waals surface area contributed by atoms with Gasteiger partial charge in [-0.3, -0.25) is 4.79 Å². The van der Waals surface area contributed by atoms with Crippen LogP contribution in [0.4, 0.5) is 5.13 Å². The lowest BCUT2D eigenvalue weighted by Gasteiger charge is -2.30. The monoisotopic (exact) mass is 292 g/mol. The first-order valence-corrected chi connectivity index (χ1v) is 7.76. The first-order chi connectivity index (χ1) is 9.60. The summed E-state index contributed by atoms with van der Waals surface area (Å²) in [5.74, 6) is 0.150. The van der Waals surface area contributed by atoms with E-state index in [0.29, 0.717) is 11.6 Å². The minimum absolute atomic E-state index is 0.0675. The lowest BCUT2D eigenvalue weighted by molar-refractivity contribution is -0.121. The number of hydrogen-bond donors (Lipinski definition) is 1. The Morgan fingerprint density at radius 2 is 2.20 bits per heavy atom. The Bertz CT molecular complexity index is 492. The molecule has 2 rings (SSSR count). The van der Waals surface area contributed by atoms with Crippen LogP contribution in [0.1, 0.15) is 29.8 Å². The largest absolute Gasteiger partial charge is 0.302 e. The zero-order valence-corrected chi connectivity index (χ0v) is 12.8. The number of amides is 1. The Morgan fingerprint density at radius 1 is 1.50 bits per heavy atom. The highest BCUT2D eigenvalue weighted by molar-refractivity contribution is 7.15. The van der Waals surface area contributed by atoms with Gasteiger partial charge in [-0.15, -0.1) is 11.3 Å². The number of nitrogens with zero attached hydrogens (tertiary/aromatic N) is 3. The maximum absolute atomic E-state index is 12.2. The molecule has 20 heavy (non-hydrogen) atoms. The third-order valence-corrected chi connectivity index (χ3v) is 4.75. The SMILES string of the molecule is Cc1nc(NC(=O)C2CCN(CCC#N)CC2)sc1C. The number of aryl methyl sites for hydroxylation is 2. The molecule has 1 N–H and O–H groups in total. The standard InChI is InChI=1S/C14H20N4OS/c1-10-11(2)20-14(16-10)17-13(19)12-4-8-18(9-5-12)7-3-6-15/h12H,3-5,7-9H2,1-2H3,(H,16,17,19). The zero-order valence-electron chi connectivity index (χ0n) is 12.0. The van der Waals surface area contributed by atoms with Gasteiger partial charge in [-0.1, -0.05) is 0 Å². The van der Waals surface area contributed by atoms with Gasteiger partial charge in [0.15, 0.2) is 5.13 Å². The maximum Gasteiger partial charge on any atom is 0.229 e. The zero-order chi connectivity index (χ0) is 14.5. The van der Waals surface area contributed by atoms with E-state index in [0.717, 1.165) is 43.0 Å². The van der Waals surface area contributed by atoms with Crippen LogP contribution >= 0.6 is 11.3 Å². The van der Waals surface area contributed by atoms with Gasteiger partial charge in [0.25, 0.3) is 0 Å². The molecule has 108 valence electrons. The molecule has 1 aromatic rings. The fraction of sp³-hybridized carbons (Fsp3) is 0.643. The Morgan fingerprint density at radius 3 is 2.75 bits per heavy atom. The highest BCUT2D eigenvalue weighted by atomic mass is 32.1. The van der Waals surface area contributed by atoms with E-state index >= 15 is 0 Å². The highest BCUT2D eigenvalue weighted by Gasteiger charge is 2.25. The van der Waals surface area contributed by atoms with Gasteiger partial charge in [-0.2, -0.15) is 5.26 Å². The summed E-state index contributed by atoms with van der Waals surface area (Å²) in [5, 5.41) is 12.2. The van der Waals surface area contributed by atoms with Crippen LogP contribution < -0.4 is 5.32 Å². The van der Waals surface area contributed by atoms with Crippen molar-refractivity contribution in [3.8, 4) is 6.07 Å². The minimum atomic E-state index is 0.0675. The van der Waals surface area contributed by atoms with Gasteiger partial charge >= 0.3 is 0 Å². The fourth-order valence-corrected chi connectivity index (χ4v) is 3.18. The minimum Gasteiger partial charge on any atom is -0.302 e. The third-order valence-electron chi connectivity index (χ3n) is 3.76. The summed E-state index contributed by atoms with van der Waals surface area (Å²) in [6, 6.07) is 2.16. The first kappa shape index (κ1) is 14.9. The average Bonchev–Trinajstić information content (AvgIpc) is 2.75. The molecule has 1 amide bonds. The number of carbonyl (C=O) groups excluding carboxylic acids is 1. The van der Waals surface area contributed by atoms with Crippen LogP contribution in [0.25, 0.3) is 0 Å². The molecule has 1 saturated heterocycles. The van der Waals surface area contributed by atoms with Gasteiger partial charge < -0.3 is 10.2 Å². The van der Waals surface area contributed by atoms with Crippen molar-refractivity contribution in [2.24, 2.45) is 5.92 Å². The number of thiazole rings is 1. The number of likely N-dealkylation sites (tertiary alicyclic amines) is 1. The van der Waals surface area contributed by atoms with Crippen LogP contribution in [0.3, 0.4) is 0 Å². The van der Waals surface area contributed by atoms with Crippen LogP contribution in [-0.2, 0) is 4.79 Å². The first-order valence-electron chi connectivity index (χ1n) is 6.94. The van der Waals surface area contributed by atoms with Gasteiger partial charge in [0, 0.05) is 23.8 Å². The second kappa shape index (κ2) is 6.82. The van der Waals surface area contributed by atoms with Crippen molar-refractivity contribution in [3.63, 3.8) is 0 Å². The fourth-order valence-electron chi connectivity index (χ4n) is 2.36. The average molecular weight is 292 g/mol. The van der Waals surface area contributed by atoms with Crippen LogP contribution in [0.2, 0.25) is 0 Å². The van der Waals surface area contributed by atoms with E-state index in [1.54, 1.807) is 0 Å². The number of anilines is 1. The molecule has 1 aliphatic heterocycles. The van der Waals surface area contributed by atoms with E-state index in [4.69, 9.17) is 5.26 Å². The highest BCUT2D eigenvalue weighted by Crippen LogP contribution is 2.24. The number of aromatic nitrogens is 1. The van der Waals surface area contributed by atoms with E-state index in [9.17, 15) is 4.79 Å². The Labute approximate surface area is 123 Å². The topological polar surface area (TPSA) is 69.0 Å². The Balaban J connectivity index is 1.81. The molecule has 0 bridgehead atoms. The van der Waals surface area contributed by atoms with E-state index in [1.807, 2.05) is 13.8 Å². The Hall–Kier alpha value is -1.45. The summed E-state index contributed by atoms with van der Waals surface area (Å²) in [6.45, 7) is 6.58. The molecule has 0 aromatic carbocycles. The van der Waals surface area contributed by atoms with Gasteiger partial charge in [0.05, 0.1) is 11.8 Å². The lowest BCUT2D eigenvalue weighted by atomic mass is 9.96. The molecular formula is C14H20N4OS. The summed E-state index contributed by atoms with van der Waals surface area (Å²) in [6.07, 6.45) is 2.29. The van der Waals surface area contributed by atoms with Crippen LogP contribution in [0, 0.1) is 31.1 Å². The Kier molecular flexibility index (Phi) is 5.10. The molecule has 5 nitrogen and oxygen atoms in total. The number of piperidine rings is 1. The lowest BCUT2D eigenvalue weighted by Crippen LogP contribution is -2.38. The molecule has 0 atom stereocenters. The number of rotatable bonds is 4. The van der Waals surface area contributed by atoms with Crippen molar-refractivity contribution < 1.29 is 4.79 Å². The molecule has 2 heterocycles. The van der Waals surface area contributed by atoms with Crippen molar-refractivity contribution in [1.29, 1.82) is 5.26 Å². The van der Waals surface area contributed by atoms with E-state index in [2.05, 4.69) is 21.3 Å². The van der Waals surface area contributed by atoms with Crippen molar-refractivity contribution in [2.45, 2.75) is 33.1 Å². The molecule has 0 saturated carbocycles. The number of nitriles is 1. The number of carbonyl (C=O) groups is 1. The summed E-state index contributed by atoms with van der Waals surface area (Å²) < 4.78 is 0. The smallest absolute Gasteiger partial charge is 0.229 e. The van der Waals surface area contributed by atoms with E-state index < -0.39 is 0 Å². The van der Waals surface area contributed by atoms with Gasteiger partial charge in [0.2, 0.25) is 5.91 Å². The van der Waals surface area contributed by atoms with Crippen LogP contribution in [0.15, 0.2) is 0 Å². The van der Waals surface area contributed by atoms with Crippen molar-refractivity contribution in [1.82, 2.24) is 9.88 Å². The molecule has 0 spiro atoms. The predicted octanol–water partition coefficient (Wildman–Crippen LogP) is 2.32. The molecule has 0 unspecified atom stereocenters. The summed E-state index contributed by atoms with van der Waals surface area (Å²) in [4.78, 5) is 19.9. The molecule has 1 aromatic heterocycles. The summed E-state index contributed by atoms with van der Waals surface area (Å²) in [7, 11) is 0. The maximum atomic E-state index is 12.2. The van der Waals surface area contributed by atoms with E-state index in [1.165, 1.54) is 11.3 Å². The third kappa shape index (κ3) is 3.78. The van der Waals surface area contributed by atoms with Crippen molar-refractivity contribution >= 4 is 22.4 Å². The number of hydrogen-bond acceptors (Lipinski definition) is 5. The predicted molar refractivity (Wildman–Crippen MR) is 79.6 cm³/mol. The molecule has 0 radical (unpaired) electrons. The normalized spacial score (nSPS) is 16.9. The second-order valence-corrected chi connectivity index (χ2v) is 6.38. The van der Waals surface area contributed by atoms with Crippen molar-refractivity contribution in [3.05, 3.63) is 10.6 Å². The quantitative estimate of drug-likeness (QED) is 0.924.